The summed E-state index contributed by atoms with van der Waals surface area (Å²) >= 11 is 0. The van der Waals surface area contributed by atoms with Crippen LogP contribution in [0, 0.1) is 11.8 Å². The molecule has 0 aromatic rings. The topological polar surface area (TPSA) is 76.1 Å². The molecule has 0 aliphatic carbocycles. The molecule has 22 heavy (non-hydrogen) atoms. The smallest absolute Gasteiger partial charge is 0.310 e. The van der Waals surface area contributed by atoms with Crippen molar-refractivity contribution in [1.29, 1.82) is 0 Å². The van der Waals surface area contributed by atoms with Crippen LogP contribution in [0.4, 0.5) is 0 Å². The molecule has 0 radical (unpaired) electrons. The van der Waals surface area contributed by atoms with Crippen LogP contribution in [0.2, 0.25) is 0 Å². The lowest BCUT2D eigenvalue weighted by Gasteiger charge is -2.32. The van der Waals surface area contributed by atoms with Gasteiger partial charge in [-0.25, -0.2) is 0 Å². The maximum Gasteiger partial charge on any atom is 0.310 e. The highest BCUT2D eigenvalue weighted by atomic mass is 16.5. The SMILES string of the molecule is C=CC[C@@H]1N(CCCOC)C(=O)[C@H]2[C@H](C(=O)O)[C@H]3C=C[C@@]12O3. The van der Waals surface area contributed by atoms with Gasteiger partial charge >= 0.3 is 5.97 Å². The third-order valence-electron chi connectivity index (χ3n) is 4.95. The van der Waals surface area contributed by atoms with Crippen molar-refractivity contribution in [2.75, 3.05) is 20.3 Å². The zero-order valence-electron chi connectivity index (χ0n) is 12.6. The molecule has 120 valence electrons. The van der Waals surface area contributed by atoms with E-state index in [-0.39, 0.29) is 11.9 Å². The second-order valence-corrected chi connectivity index (χ2v) is 6.05. The largest absolute Gasteiger partial charge is 0.481 e. The van der Waals surface area contributed by atoms with Gasteiger partial charge in [-0.05, 0) is 12.8 Å². The summed E-state index contributed by atoms with van der Waals surface area (Å²) in [7, 11) is 1.62. The number of carbonyl (C=O) groups is 2. The van der Waals surface area contributed by atoms with E-state index in [1.54, 1.807) is 24.2 Å². The van der Waals surface area contributed by atoms with E-state index >= 15 is 0 Å². The molecule has 3 aliphatic heterocycles. The minimum Gasteiger partial charge on any atom is -0.481 e. The number of aliphatic carboxylic acids is 1. The summed E-state index contributed by atoms with van der Waals surface area (Å²) in [5, 5.41) is 9.49. The van der Waals surface area contributed by atoms with Crippen molar-refractivity contribution >= 4 is 11.9 Å². The van der Waals surface area contributed by atoms with Gasteiger partial charge in [0.25, 0.3) is 0 Å². The van der Waals surface area contributed by atoms with Crippen molar-refractivity contribution < 1.29 is 24.2 Å². The summed E-state index contributed by atoms with van der Waals surface area (Å²) in [4.78, 5) is 26.2. The first-order valence-corrected chi connectivity index (χ1v) is 7.57. The van der Waals surface area contributed by atoms with E-state index in [1.165, 1.54) is 0 Å². The van der Waals surface area contributed by atoms with Gasteiger partial charge in [0.1, 0.15) is 11.5 Å². The number of hydrogen-bond donors (Lipinski definition) is 1. The molecule has 2 saturated heterocycles. The highest BCUT2D eigenvalue weighted by molar-refractivity contribution is 5.91. The van der Waals surface area contributed by atoms with Crippen molar-refractivity contribution in [1.82, 2.24) is 4.90 Å². The number of amides is 1. The molecular weight excluding hydrogens is 286 g/mol. The fourth-order valence-corrected chi connectivity index (χ4v) is 4.12. The Balaban J connectivity index is 1.92. The van der Waals surface area contributed by atoms with Crippen LogP contribution in [0.1, 0.15) is 12.8 Å². The maximum absolute atomic E-state index is 12.8. The van der Waals surface area contributed by atoms with Gasteiger partial charge < -0.3 is 19.5 Å². The molecule has 2 fully saturated rings. The van der Waals surface area contributed by atoms with Gasteiger partial charge in [0.2, 0.25) is 5.91 Å². The van der Waals surface area contributed by atoms with E-state index in [9.17, 15) is 14.7 Å². The minimum atomic E-state index is -0.967. The van der Waals surface area contributed by atoms with Crippen molar-refractivity contribution in [2.45, 2.75) is 30.6 Å². The predicted molar refractivity (Wildman–Crippen MR) is 78.2 cm³/mol. The average Bonchev–Trinajstić information content (AvgIpc) is 3.11. The third kappa shape index (κ3) is 1.94. The Morgan fingerprint density at radius 1 is 1.64 bits per heavy atom. The predicted octanol–water partition coefficient (Wildman–Crippen LogP) is 0.834. The first-order chi connectivity index (χ1) is 10.6. The number of carboxylic acids is 1. The first kappa shape index (κ1) is 15.2. The highest BCUT2D eigenvalue weighted by Gasteiger charge is 2.70. The molecule has 0 aromatic heterocycles. The van der Waals surface area contributed by atoms with E-state index < -0.39 is 29.5 Å². The monoisotopic (exact) mass is 307 g/mol. The van der Waals surface area contributed by atoms with E-state index in [1.807, 2.05) is 6.08 Å². The van der Waals surface area contributed by atoms with Crippen LogP contribution in [0.15, 0.2) is 24.8 Å². The quantitative estimate of drug-likeness (QED) is 0.557. The normalized spacial score (nSPS) is 38.6. The van der Waals surface area contributed by atoms with Crippen molar-refractivity contribution in [2.24, 2.45) is 11.8 Å². The van der Waals surface area contributed by atoms with Crippen LogP contribution in [0.5, 0.6) is 0 Å². The Labute approximate surface area is 129 Å². The number of carboxylic acid groups (broad SMARTS) is 1. The van der Waals surface area contributed by atoms with Crippen LogP contribution in [-0.2, 0) is 19.1 Å². The number of carbonyl (C=O) groups excluding carboxylic acids is 1. The van der Waals surface area contributed by atoms with Gasteiger partial charge in [-0.15, -0.1) is 6.58 Å². The minimum absolute atomic E-state index is 0.123. The van der Waals surface area contributed by atoms with Crippen LogP contribution in [0.3, 0.4) is 0 Å². The molecule has 6 heteroatoms. The second kappa shape index (κ2) is 5.52. The summed E-state index contributed by atoms with van der Waals surface area (Å²) in [6, 6.07) is -0.190. The van der Waals surface area contributed by atoms with E-state index in [0.717, 1.165) is 0 Å². The fraction of sp³-hybridized carbons (Fsp3) is 0.625. The van der Waals surface area contributed by atoms with Gasteiger partial charge in [0, 0.05) is 20.3 Å². The van der Waals surface area contributed by atoms with Crippen molar-refractivity contribution in [3.8, 4) is 0 Å². The average molecular weight is 307 g/mol. The van der Waals surface area contributed by atoms with E-state index in [2.05, 4.69) is 6.58 Å². The van der Waals surface area contributed by atoms with Crippen LogP contribution in [-0.4, -0.2) is 59.9 Å². The Bertz CT molecular complexity index is 531. The van der Waals surface area contributed by atoms with Crippen molar-refractivity contribution in [3.05, 3.63) is 24.8 Å². The Kier molecular flexibility index (Phi) is 3.82. The van der Waals surface area contributed by atoms with E-state index in [0.29, 0.717) is 26.0 Å². The van der Waals surface area contributed by atoms with Gasteiger partial charge in [0.15, 0.2) is 0 Å². The molecule has 3 aliphatic rings. The number of nitrogens with zero attached hydrogens (tertiary/aromatic N) is 1. The molecule has 0 aromatic carbocycles. The number of ether oxygens (including phenoxy) is 2. The van der Waals surface area contributed by atoms with Crippen LogP contribution in [0.25, 0.3) is 0 Å². The Morgan fingerprint density at radius 3 is 3.05 bits per heavy atom. The second-order valence-electron chi connectivity index (χ2n) is 6.05. The lowest BCUT2D eigenvalue weighted by Crippen LogP contribution is -2.45. The molecule has 1 N–H and O–H groups in total. The number of hydrogen-bond acceptors (Lipinski definition) is 4. The van der Waals surface area contributed by atoms with Gasteiger partial charge in [-0.2, -0.15) is 0 Å². The number of rotatable bonds is 7. The number of methoxy groups -OCH3 is 1. The molecule has 3 rings (SSSR count). The molecule has 3 heterocycles. The summed E-state index contributed by atoms with van der Waals surface area (Å²) in [6.45, 7) is 4.87. The molecule has 6 nitrogen and oxygen atoms in total. The van der Waals surface area contributed by atoms with E-state index in [4.69, 9.17) is 9.47 Å². The fourth-order valence-electron chi connectivity index (χ4n) is 4.12. The summed E-state index contributed by atoms with van der Waals surface area (Å²) < 4.78 is 11.0. The maximum atomic E-state index is 12.8. The van der Waals surface area contributed by atoms with Gasteiger partial charge in [-0.1, -0.05) is 18.2 Å². The van der Waals surface area contributed by atoms with Crippen LogP contribution < -0.4 is 0 Å². The standard InChI is InChI=1S/C16H21NO5/c1-3-5-11-16-7-6-10(22-16)12(15(19)20)13(16)14(18)17(11)8-4-9-21-2/h3,6-7,10-13H,1,4-5,8-9H2,2H3,(H,19,20)/t10-,11+,12-,13-,16-/m1/s1. The molecule has 2 bridgehead atoms. The molecule has 5 atom stereocenters. The van der Waals surface area contributed by atoms with Gasteiger partial charge in [0.05, 0.1) is 18.1 Å². The molecule has 0 saturated carbocycles. The van der Waals surface area contributed by atoms with Crippen LogP contribution >= 0.6 is 0 Å². The highest BCUT2D eigenvalue weighted by Crippen LogP contribution is 2.55. The third-order valence-corrected chi connectivity index (χ3v) is 4.95. The van der Waals surface area contributed by atoms with Gasteiger partial charge in [-0.3, -0.25) is 9.59 Å². The lowest BCUT2D eigenvalue weighted by molar-refractivity contribution is -0.148. The summed E-state index contributed by atoms with van der Waals surface area (Å²) in [5.41, 5.74) is -0.813. The molecule has 0 unspecified atom stereocenters. The molecule has 1 spiro atoms. The lowest BCUT2D eigenvalue weighted by atomic mass is 9.74. The Morgan fingerprint density at radius 2 is 2.41 bits per heavy atom. The van der Waals surface area contributed by atoms with Crippen molar-refractivity contribution in [3.63, 3.8) is 0 Å². The summed E-state index contributed by atoms with van der Waals surface area (Å²) in [6.07, 6.45) is 6.24. The molecular formula is C16H21NO5. The first-order valence-electron chi connectivity index (χ1n) is 7.57. The number of fused-ring (bicyclic) bond motifs is 1. The summed E-state index contributed by atoms with van der Waals surface area (Å²) in [5.74, 6) is -2.52. The number of likely N-dealkylation sites (tertiary alicyclic amines) is 1. The zero-order chi connectivity index (χ0) is 15.9. The molecule has 1 amide bonds. The zero-order valence-corrected chi connectivity index (χ0v) is 12.6. The Hall–Kier alpha value is -1.66.